The van der Waals surface area contributed by atoms with Crippen LogP contribution in [-0.2, 0) is 12.7 Å². The van der Waals surface area contributed by atoms with Crippen molar-refractivity contribution in [3.8, 4) is 0 Å². The van der Waals surface area contributed by atoms with Crippen LogP contribution in [0.3, 0.4) is 0 Å². The van der Waals surface area contributed by atoms with Crippen molar-refractivity contribution in [2.75, 3.05) is 6.54 Å². The van der Waals surface area contributed by atoms with Gasteiger partial charge in [-0.1, -0.05) is 23.4 Å². The Kier molecular flexibility index (Phi) is 4.04. The van der Waals surface area contributed by atoms with Crippen molar-refractivity contribution in [3.05, 3.63) is 47.1 Å². The van der Waals surface area contributed by atoms with E-state index in [1.807, 2.05) is 0 Å². The van der Waals surface area contributed by atoms with Gasteiger partial charge in [0.25, 0.3) is 0 Å². The third kappa shape index (κ3) is 3.41. The summed E-state index contributed by atoms with van der Waals surface area (Å²) in [6.07, 6.45) is -2.78. The lowest BCUT2D eigenvalue weighted by Crippen LogP contribution is -2.26. The molecule has 5 nitrogen and oxygen atoms in total. The highest BCUT2D eigenvalue weighted by Gasteiger charge is 2.40. The van der Waals surface area contributed by atoms with E-state index in [9.17, 15) is 18.3 Å². The quantitative estimate of drug-likeness (QED) is 0.914. The molecule has 2 aromatic rings. The molecule has 134 valence electrons. The summed E-state index contributed by atoms with van der Waals surface area (Å²) in [5.41, 5.74) is -0.489. The third-order valence-electron chi connectivity index (χ3n) is 4.77. The first-order valence-corrected chi connectivity index (χ1v) is 8.32. The zero-order valence-electron chi connectivity index (χ0n) is 13.4. The van der Waals surface area contributed by atoms with Gasteiger partial charge in [0.05, 0.1) is 18.2 Å². The van der Waals surface area contributed by atoms with Crippen LogP contribution in [0.2, 0.25) is 0 Å². The summed E-state index contributed by atoms with van der Waals surface area (Å²) in [7, 11) is 0. The Hall–Kier alpha value is -1.93. The van der Waals surface area contributed by atoms with Gasteiger partial charge in [-0.05, 0) is 30.9 Å². The maximum Gasteiger partial charge on any atom is 0.416 e. The van der Waals surface area contributed by atoms with Gasteiger partial charge in [-0.15, -0.1) is 0 Å². The predicted octanol–water partition coefficient (Wildman–Crippen LogP) is 3.27. The summed E-state index contributed by atoms with van der Waals surface area (Å²) in [5.74, 6) is 1.40. The fraction of sp³-hybridized carbons (Fsp3) is 0.529. The maximum absolute atomic E-state index is 13.3. The van der Waals surface area contributed by atoms with Crippen LogP contribution >= 0.6 is 0 Å². The molecule has 1 aliphatic carbocycles. The van der Waals surface area contributed by atoms with E-state index in [1.165, 1.54) is 12.1 Å². The highest BCUT2D eigenvalue weighted by atomic mass is 19.4. The van der Waals surface area contributed by atoms with E-state index in [0.717, 1.165) is 18.9 Å². The van der Waals surface area contributed by atoms with Crippen molar-refractivity contribution in [2.45, 2.75) is 50.0 Å². The average Bonchev–Trinajstić information content (AvgIpc) is 3.20. The van der Waals surface area contributed by atoms with E-state index >= 15 is 0 Å². The molecular weight excluding hydrogens is 335 g/mol. The average molecular weight is 353 g/mol. The summed E-state index contributed by atoms with van der Waals surface area (Å²) in [6.45, 7) is 0.506. The summed E-state index contributed by atoms with van der Waals surface area (Å²) in [4.78, 5) is 6.11. The Morgan fingerprint density at radius 1 is 1.24 bits per heavy atom. The van der Waals surface area contributed by atoms with E-state index in [1.54, 1.807) is 11.0 Å². The predicted molar refractivity (Wildman–Crippen MR) is 81.5 cm³/mol. The van der Waals surface area contributed by atoms with Crippen molar-refractivity contribution in [2.24, 2.45) is 0 Å². The highest BCUT2D eigenvalue weighted by molar-refractivity contribution is 5.33. The van der Waals surface area contributed by atoms with Gasteiger partial charge in [-0.2, -0.15) is 18.2 Å². The van der Waals surface area contributed by atoms with Crippen LogP contribution in [-0.4, -0.2) is 32.8 Å². The van der Waals surface area contributed by atoms with Crippen molar-refractivity contribution < 1.29 is 22.8 Å². The first-order valence-electron chi connectivity index (χ1n) is 8.32. The Labute approximate surface area is 142 Å². The zero-order valence-corrected chi connectivity index (χ0v) is 13.4. The molecule has 8 heteroatoms. The number of hydrogen-bond donors (Lipinski definition) is 1. The fourth-order valence-corrected chi connectivity index (χ4v) is 3.44. The maximum atomic E-state index is 13.3. The molecule has 1 saturated carbocycles. The number of rotatable bonds is 4. The summed E-state index contributed by atoms with van der Waals surface area (Å²) >= 11 is 0. The van der Waals surface area contributed by atoms with Gasteiger partial charge in [0.15, 0.2) is 5.82 Å². The van der Waals surface area contributed by atoms with Gasteiger partial charge in [-0.25, -0.2) is 0 Å². The van der Waals surface area contributed by atoms with E-state index in [4.69, 9.17) is 4.52 Å². The normalized spacial score (nSPS) is 24.8. The van der Waals surface area contributed by atoms with Crippen LogP contribution in [0.25, 0.3) is 0 Å². The largest absolute Gasteiger partial charge is 0.416 e. The number of aromatic nitrogens is 2. The third-order valence-corrected chi connectivity index (χ3v) is 4.77. The topological polar surface area (TPSA) is 62.4 Å². The van der Waals surface area contributed by atoms with E-state index in [2.05, 4.69) is 10.1 Å². The molecule has 0 unspecified atom stereocenters. The standard InChI is InChI=1S/C17H18F3N3O2/c18-17(19,20)13-4-2-1-3-12(13)14-7-11(24)8-23(14)9-15-21-16(22-25-15)10-5-6-10/h1-4,10-11,14,24H,5-9H2/t11-,14+/m1/s1. The van der Waals surface area contributed by atoms with Gasteiger partial charge in [0.2, 0.25) is 5.89 Å². The van der Waals surface area contributed by atoms with Crippen LogP contribution in [0.15, 0.2) is 28.8 Å². The number of likely N-dealkylation sites (tertiary alicyclic amines) is 1. The number of aliphatic hydroxyl groups excluding tert-OH is 1. The molecule has 2 aliphatic rings. The molecule has 1 aromatic heterocycles. The molecule has 2 heterocycles. The van der Waals surface area contributed by atoms with Crippen LogP contribution in [0.1, 0.15) is 54.1 Å². The molecule has 0 radical (unpaired) electrons. The van der Waals surface area contributed by atoms with Crippen LogP contribution in [0, 0.1) is 0 Å². The van der Waals surface area contributed by atoms with Gasteiger partial charge >= 0.3 is 6.18 Å². The minimum atomic E-state index is -4.43. The fourth-order valence-electron chi connectivity index (χ4n) is 3.44. The highest BCUT2D eigenvalue weighted by Crippen LogP contribution is 2.41. The van der Waals surface area contributed by atoms with Crippen molar-refractivity contribution in [1.29, 1.82) is 0 Å². The van der Waals surface area contributed by atoms with Crippen LogP contribution in [0.5, 0.6) is 0 Å². The Balaban J connectivity index is 1.59. The number of benzene rings is 1. The molecule has 2 fully saturated rings. The minimum Gasteiger partial charge on any atom is -0.392 e. The van der Waals surface area contributed by atoms with E-state index < -0.39 is 23.9 Å². The molecule has 0 bridgehead atoms. The molecule has 1 saturated heterocycles. The van der Waals surface area contributed by atoms with Gasteiger partial charge < -0.3 is 9.63 Å². The van der Waals surface area contributed by atoms with Crippen LogP contribution < -0.4 is 0 Å². The van der Waals surface area contributed by atoms with E-state index in [-0.39, 0.29) is 25.1 Å². The minimum absolute atomic E-state index is 0.175. The zero-order chi connectivity index (χ0) is 17.6. The van der Waals surface area contributed by atoms with Crippen molar-refractivity contribution in [1.82, 2.24) is 15.0 Å². The molecule has 1 aromatic carbocycles. The molecule has 1 N–H and O–H groups in total. The second-order valence-electron chi connectivity index (χ2n) is 6.74. The molecular formula is C17H18F3N3O2. The van der Waals surface area contributed by atoms with Gasteiger partial charge in [0, 0.05) is 18.5 Å². The van der Waals surface area contributed by atoms with Crippen LogP contribution in [0.4, 0.5) is 13.2 Å². The second kappa shape index (κ2) is 6.10. The van der Waals surface area contributed by atoms with Crippen molar-refractivity contribution in [3.63, 3.8) is 0 Å². The Morgan fingerprint density at radius 2 is 2.00 bits per heavy atom. The Bertz CT molecular complexity index is 758. The summed E-state index contributed by atoms with van der Waals surface area (Å²) in [5, 5.41) is 14.0. The number of halogens is 3. The molecule has 25 heavy (non-hydrogen) atoms. The first-order chi connectivity index (χ1) is 11.9. The Morgan fingerprint density at radius 3 is 2.72 bits per heavy atom. The monoisotopic (exact) mass is 353 g/mol. The lowest BCUT2D eigenvalue weighted by atomic mass is 9.97. The summed E-state index contributed by atoms with van der Waals surface area (Å²) < 4.78 is 45.2. The van der Waals surface area contributed by atoms with E-state index in [0.29, 0.717) is 17.6 Å². The molecule has 4 rings (SSSR count). The number of hydrogen-bond acceptors (Lipinski definition) is 5. The van der Waals surface area contributed by atoms with Crippen molar-refractivity contribution >= 4 is 0 Å². The lowest BCUT2D eigenvalue weighted by molar-refractivity contribution is -0.138. The number of nitrogens with zero attached hydrogens (tertiary/aromatic N) is 3. The van der Waals surface area contributed by atoms with Gasteiger partial charge in [0.1, 0.15) is 0 Å². The number of aliphatic hydroxyl groups is 1. The van der Waals surface area contributed by atoms with Gasteiger partial charge in [-0.3, -0.25) is 4.90 Å². The number of alkyl halides is 3. The molecule has 0 spiro atoms. The molecule has 0 amide bonds. The molecule has 2 atom stereocenters. The first kappa shape index (κ1) is 16.5. The lowest BCUT2D eigenvalue weighted by Gasteiger charge is -2.25. The second-order valence-corrected chi connectivity index (χ2v) is 6.74. The summed E-state index contributed by atoms with van der Waals surface area (Å²) in [6, 6.07) is 4.98. The number of β-amino-alcohol motifs (C(OH)–C–C–N with tert-alkyl or cyclic N) is 1. The SMILES string of the molecule is O[C@@H]1C[C@@H](c2ccccc2C(F)(F)F)N(Cc2nc(C3CC3)no2)C1. The molecule has 1 aliphatic heterocycles. The smallest absolute Gasteiger partial charge is 0.392 e.